The first-order valence-corrected chi connectivity index (χ1v) is 11.6. The Morgan fingerprint density at radius 3 is 1.88 bits per heavy atom. The van der Waals surface area contributed by atoms with E-state index >= 15 is 0 Å². The molecule has 2 aromatic carbocycles. The van der Waals surface area contributed by atoms with E-state index in [4.69, 9.17) is 62.3 Å². The summed E-state index contributed by atoms with van der Waals surface area (Å²) in [4.78, 5) is 25.4. The van der Waals surface area contributed by atoms with E-state index in [1.54, 1.807) is 41.3 Å². The molecule has 0 saturated carbocycles. The maximum Gasteiger partial charge on any atom is 0.421 e. The van der Waals surface area contributed by atoms with Crippen molar-refractivity contribution < 1.29 is 24.2 Å². The van der Waals surface area contributed by atoms with Gasteiger partial charge in [0.25, 0.3) is 0 Å². The number of carbonyl (C=O) groups is 2. The number of halogens is 4. The molecule has 1 spiro atoms. The summed E-state index contributed by atoms with van der Waals surface area (Å²) in [6.07, 6.45) is 7.17. The molecule has 0 radical (unpaired) electrons. The van der Waals surface area contributed by atoms with Crippen LogP contribution in [0.4, 0.5) is 0 Å². The van der Waals surface area contributed by atoms with Crippen LogP contribution in [0.15, 0.2) is 42.5 Å². The topological polar surface area (TPSA) is 76.1 Å². The second-order valence-corrected chi connectivity index (χ2v) is 9.72. The number of esters is 2. The van der Waals surface area contributed by atoms with Gasteiger partial charge in [-0.15, -0.1) is 6.42 Å². The lowest BCUT2D eigenvalue weighted by molar-refractivity contribution is -0.281. The van der Waals surface area contributed by atoms with Crippen LogP contribution in [-0.2, 0) is 19.1 Å². The molecule has 10 heteroatoms. The highest BCUT2D eigenvalue weighted by Crippen LogP contribution is 2.40. The fraction of sp³-hybridized carbons (Fsp3) is 0.250. The first-order valence-electron chi connectivity index (χ1n) is 10.1. The number of ether oxygens (including phenoxy) is 2. The lowest BCUT2D eigenvalue weighted by Gasteiger charge is -2.44. The molecule has 0 bridgehead atoms. The number of likely N-dealkylation sites (tertiary alicyclic amines) is 1. The van der Waals surface area contributed by atoms with Gasteiger partial charge in [0.1, 0.15) is 5.60 Å². The molecule has 2 aliphatic rings. The van der Waals surface area contributed by atoms with Crippen LogP contribution in [0.1, 0.15) is 24.0 Å². The first-order chi connectivity index (χ1) is 16.0. The van der Waals surface area contributed by atoms with Crippen molar-refractivity contribution in [2.24, 2.45) is 0 Å². The van der Waals surface area contributed by atoms with Crippen LogP contribution < -0.4 is 0 Å². The molecule has 0 aromatic heterocycles. The number of hydrogen-bond acceptors (Lipinski definition) is 6. The zero-order valence-electron chi connectivity index (χ0n) is 17.5. The van der Waals surface area contributed by atoms with Gasteiger partial charge in [0.15, 0.2) is 0 Å². The summed E-state index contributed by atoms with van der Waals surface area (Å²) in [5.74, 6) is -1.84. The molecule has 1 unspecified atom stereocenters. The maximum atomic E-state index is 11.9. The zero-order chi connectivity index (χ0) is 24.7. The van der Waals surface area contributed by atoms with Gasteiger partial charge in [0.05, 0.1) is 6.42 Å². The molecule has 2 aliphatic heterocycles. The van der Waals surface area contributed by atoms with Crippen LogP contribution in [0.5, 0.6) is 0 Å². The molecule has 2 saturated heterocycles. The fourth-order valence-electron chi connectivity index (χ4n) is 4.03. The van der Waals surface area contributed by atoms with Gasteiger partial charge in [-0.3, -0.25) is 0 Å². The highest BCUT2D eigenvalue weighted by molar-refractivity contribution is 6.35. The molecule has 2 heterocycles. The molecule has 2 fully saturated rings. The summed E-state index contributed by atoms with van der Waals surface area (Å²) >= 11 is 24.9. The minimum absolute atomic E-state index is 0.144. The Balaban J connectivity index is 1.76. The van der Waals surface area contributed by atoms with Crippen LogP contribution in [0.25, 0.3) is 5.57 Å². The Hall–Kier alpha value is -2.24. The second kappa shape index (κ2) is 9.43. The number of hydrogen-bond donors (Lipinski definition) is 1. The average molecular weight is 541 g/mol. The van der Waals surface area contributed by atoms with Gasteiger partial charge < -0.3 is 14.6 Å². The first kappa shape index (κ1) is 24.9. The minimum atomic E-state index is -1.83. The third-order valence-electron chi connectivity index (χ3n) is 5.60. The molecule has 0 amide bonds. The van der Waals surface area contributed by atoms with E-state index in [9.17, 15) is 14.7 Å². The molecule has 0 aliphatic carbocycles. The predicted octanol–water partition coefficient (Wildman–Crippen LogP) is 4.95. The van der Waals surface area contributed by atoms with E-state index in [0.717, 1.165) is 0 Å². The van der Waals surface area contributed by atoms with E-state index in [0.29, 0.717) is 36.8 Å². The van der Waals surface area contributed by atoms with E-state index in [-0.39, 0.29) is 25.9 Å². The Morgan fingerprint density at radius 1 is 0.971 bits per heavy atom. The molecule has 2 aromatic rings. The largest absolute Gasteiger partial charge is 0.421 e. The Kier molecular flexibility index (Phi) is 6.90. The van der Waals surface area contributed by atoms with Gasteiger partial charge in [-0.05, 0) is 53.1 Å². The SMILES string of the molecule is C#CC1(O)CCN(CC=C(c2cc(Cl)cc(Cl)c2)c2cc(Cl)cc(Cl)c2)C2(C1)OC(=O)C(=O)O2. The molecule has 1 atom stereocenters. The van der Waals surface area contributed by atoms with Gasteiger partial charge in [-0.2, -0.15) is 0 Å². The predicted molar refractivity (Wildman–Crippen MR) is 130 cm³/mol. The van der Waals surface area contributed by atoms with Crippen molar-refractivity contribution in [1.29, 1.82) is 0 Å². The van der Waals surface area contributed by atoms with Gasteiger partial charge in [-0.25, -0.2) is 14.5 Å². The number of piperidine rings is 1. The number of aliphatic hydroxyl groups is 1. The molecule has 4 rings (SSSR count). The van der Waals surface area contributed by atoms with Crippen LogP contribution in [0, 0.1) is 12.3 Å². The highest BCUT2D eigenvalue weighted by Gasteiger charge is 2.59. The molecular formula is C24H17Cl4NO5. The Morgan fingerprint density at radius 2 is 1.44 bits per heavy atom. The van der Waals surface area contributed by atoms with Crippen molar-refractivity contribution in [2.75, 3.05) is 13.1 Å². The monoisotopic (exact) mass is 539 g/mol. The molecule has 34 heavy (non-hydrogen) atoms. The molecular weight excluding hydrogens is 524 g/mol. The molecule has 1 N–H and O–H groups in total. The number of benzene rings is 2. The molecule has 176 valence electrons. The van der Waals surface area contributed by atoms with Gasteiger partial charge in [0.2, 0.25) is 0 Å². The number of terminal acetylenes is 1. The Labute approximate surface area is 215 Å². The van der Waals surface area contributed by atoms with Crippen LogP contribution in [0.3, 0.4) is 0 Å². The summed E-state index contributed by atoms with van der Waals surface area (Å²) in [6, 6.07) is 10.1. The summed E-state index contributed by atoms with van der Waals surface area (Å²) in [6.45, 7) is 0.322. The van der Waals surface area contributed by atoms with Crippen LogP contribution in [0.2, 0.25) is 20.1 Å². The van der Waals surface area contributed by atoms with Gasteiger partial charge >= 0.3 is 17.8 Å². The smallest absolute Gasteiger partial charge is 0.400 e. The lowest BCUT2D eigenvalue weighted by Crippen LogP contribution is -2.60. The molecule has 6 nitrogen and oxygen atoms in total. The van der Waals surface area contributed by atoms with Crippen molar-refractivity contribution in [3.63, 3.8) is 0 Å². The van der Waals surface area contributed by atoms with Crippen molar-refractivity contribution in [2.45, 2.75) is 24.4 Å². The number of nitrogens with zero attached hydrogens (tertiary/aromatic N) is 1. The summed E-state index contributed by atoms with van der Waals surface area (Å²) in [7, 11) is 0. The maximum absolute atomic E-state index is 11.9. The highest BCUT2D eigenvalue weighted by atomic mass is 35.5. The quantitative estimate of drug-likeness (QED) is 0.336. The standard InChI is InChI=1S/C24H17Cl4NO5/c1-2-23(32)4-6-29(24(13-23)33-21(30)22(31)34-24)5-3-20(14-7-16(25)11-17(26)8-14)15-9-18(27)12-19(28)10-15/h1,3,7-12,32H,4-6,13H2. The van der Waals surface area contributed by atoms with Crippen LogP contribution in [-0.4, -0.2) is 46.5 Å². The van der Waals surface area contributed by atoms with Gasteiger partial charge in [-0.1, -0.05) is 58.4 Å². The normalized spacial score (nSPS) is 21.6. The summed E-state index contributed by atoms with van der Waals surface area (Å²) < 4.78 is 10.6. The van der Waals surface area contributed by atoms with E-state index in [1.165, 1.54) is 0 Å². The van der Waals surface area contributed by atoms with Crippen LogP contribution >= 0.6 is 46.4 Å². The van der Waals surface area contributed by atoms with Crippen molar-refractivity contribution in [3.05, 3.63) is 73.7 Å². The van der Waals surface area contributed by atoms with E-state index in [2.05, 4.69) is 5.92 Å². The minimum Gasteiger partial charge on any atom is -0.400 e. The number of carbonyl (C=O) groups excluding carboxylic acids is 2. The zero-order valence-corrected chi connectivity index (χ0v) is 20.5. The van der Waals surface area contributed by atoms with E-state index in [1.807, 2.05) is 6.08 Å². The van der Waals surface area contributed by atoms with Crippen molar-refractivity contribution >= 4 is 63.9 Å². The van der Waals surface area contributed by atoms with Gasteiger partial charge in [0, 0.05) is 39.6 Å². The summed E-state index contributed by atoms with van der Waals surface area (Å²) in [5.41, 5.74) is 0.441. The lowest BCUT2D eigenvalue weighted by atomic mass is 9.89. The van der Waals surface area contributed by atoms with Crippen molar-refractivity contribution in [3.8, 4) is 12.3 Å². The Bertz CT molecular complexity index is 1140. The fourth-order valence-corrected chi connectivity index (χ4v) is 5.08. The van der Waals surface area contributed by atoms with Crippen molar-refractivity contribution in [1.82, 2.24) is 4.90 Å². The third-order valence-corrected chi connectivity index (χ3v) is 6.47. The average Bonchev–Trinajstić information content (AvgIpc) is 3.01. The third kappa shape index (κ3) is 5.06. The summed E-state index contributed by atoms with van der Waals surface area (Å²) in [5, 5.41) is 12.3. The van der Waals surface area contributed by atoms with E-state index < -0.39 is 23.5 Å². The number of rotatable bonds is 4. The second-order valence-electron chi connectivity index (χ2n) is 7.97.